The summed E-state index contributed by atoms with van der Waals surface area (Å²) in [5, 5.41) is 18.9. The number of rotatable bonds is 3. The summed E-state index contributed by atoms with van der Waals surface area (Å²) in [7, 11) is 0. The molecule has 0 fully saturated rings. The number of carbonyl (C=O) groups is 1. The molecule has 1 rings (SSSR count). The monoisotopic (exact) mass is 259 g/mol. The standard InChI is InChI=1S/C8H6BrNO4/c9-7-2-1-6(10(13)14)3-5(7)4-8(11)12/h1-3H,4H2,(H,11,12). The molecule has 1 N–H and O–H groups in total. The highest BCUT2D eigenvalue weighted by Gasteiger charge is 2.11. The summed E-state index contributed by atoms with van der Waals surface area (Å²) in [5.41, 5.74) is 0.288. The average molecular weight is 260 g/mol. The molecule has 14 heavy (non-hydrogen) atoms. The first-order chi connectivity index (χ1) is 6.50. The third-order valence-electron chi connectivity index (χ3n) is 1.58. The van der Waals surface area contributed by atoms with Gasteiger partial charge < -0.3 is 5.11 Å². The Morgan fingerprint density at radius 1 is 1.57 bits per heavy atom. The highest BCUT2D eigenvalue weighted by atomic mass is 79.9. The Balaban J connectivity index is 3.08. The summed E-state index contributed by atoms with van der Waals surface area (Å²) in [6, 6.07) is 4.03. The van der Waals surface area contributed by atoms with E-state index in [0.717, 1.165) is 0 Å². The van der Waals surface area contributed by atoms with Gasteiger partial charge in [-0.3, -0.25) is 14.9 Å². The molecular formula is C8H6BrNO4. The van der Waals surface area contributed by atoms with E-state index >= 15 is 0 Å². The molecule has 0 heterocycles. The topological polar surface area (TPSA) is 80.4 Å². The van der Waals surface area contributed by atoms with Crippen molar-refractivity contribution in [2.45, 2.75) is 6.42 Å². The first kappa shape index (κ1) is 10.6. The number of benzene rings is 1. The van der Waals surface area contributed by atoms with Crippen molar-refractivity contribution < 1.29 is 14.8 Å². The van der Waals surface area contributed by atoms with Crippen molar-refractivity contribution in [2.75, 3.05) is 0 Å². The fraction of sp³-hybridized carbons (Fsp3) is 0.125. The summed E-state index contributed by atoms with van der Waals surface area (Å²) in [5.74, 6) is -1.02. The third-order valence-corrected chi connectivity index (χ3v) is 2.36. The van der Waals surface area contributed by atoms with E-state index in [4.69, 9.17) is 5.11 Å². The van der Waals surface area contributed by atoms with E-state index in [9.17, 15) is 14.9 Å². The first-order valence-corrected chi connectivity index (χ1v) is 4.44. The van der Waals surface area contributed by atoms with Gasteiger partial charge in [0.1, 0.15) is 0 Å². The van der Waals surface area contributed by atoms with E-state index in [1.807, 2.05) is 0 Å². The van der Waals surface area contributed by atoms with Gasteiger partial charge in [0, 0.05) is 16.6 Å². The van der Waals surface area contributed by atoms with Crippen LogP contribution in [0.1, 0.15) is 5.56 Å². The molecule has 0 atom stereocenters. The van der Waals surface area contributed by atoms with Crippen LogP contribution >= 0.6 is 15.9 Å². The molecule has 1 aromatic rings. The Morgan fingerprint density at radius 2 is 2.21 bits per heavy atom. The van der Waals surface area contributed by atoms with E-state index < -0.39 is 10.9 Å². The maximum Gasteiger partial charge on any atom is 0.307 e. The average Bonchev–Trinajstić information content (AvgIpc) is 2.07. The number of non-ortho nitro benzene ring substituents is 1. The lowest BCUT2D eigenvalue weighted by Crippen LogP contribution is -2.01. The third kappa shape index (κ3) is 2.53. The Morgan fingerprint density at radius 3 is 2.71 bits per heavy atom. The summed E-state index contributed by atoms with van der Waals surface area (Å²) >= 11 is 3.12. The predicted octanol–water partition coefficient (Wildman–Crippen LogP) is 1.98. The van der Waals surface area contributed by atoms with Crippen LogP contribution in [0.4, 0.5) is 5.69 Å². The number of nitrogens with zero attached hydrogens (tertiary/aromatic N) is 1. The molecule has 0 saturated heterocycles. The van der Waals surface area contributed by atoms with Gasteiger partial charge in [-0.15, -0.1) is 0 Å². The number of hydrogen-bond donors (Lipinski definition) is 1. The smallest absolute Gasteiger partial charge is 0.307 e. The lowest BCUT2D eigenvalue weighted by Gasteiger charge is -2.00. The van der Waals surface area contributed by atoms with Gasteiger partial charge in [-0.2, -0.15) is 0 Å². The molecule has 0 saturated carbocycles. The van der Waals surface area contributed by atoms with Crippen LogP contribution in [0, 0.1) is 10.1 Å². The van der Waals surface area contributed by atoms with Crippen molar-refractivity contribution in [2.24, 2.45) is 0 Å². The SMILES string of the molecule is O=C(O)Cc1cc([N+](=O)[O-])ccc1Br. The van der Waals surface area contributed by atoms with Gasteiger partial charge >= 0.3 is 5.97 Å². The van der Waals surface area contributed by atoms with Gasteiger partial charge in [-0.1, -0.05) is 15.9 Å². The summed E-state index contributed by atoms with van der Waals surface area (Å²) in [6.45, 7) is 0. The van der Waals surface area contributed by atoms with Gasteiger partial charge in [0.25, 0.3) is 5.69 Å². The van der Waals surface area contributed by atoms with Gasteiger partial charge in [0.2, 0.25) is 0 Å². The van der Waals surface area contributed by atoms with Gasteiger partial charge in [-0.25, -0.2) is 0 Å². The summed E-state index contributed by atoms with van der Waals surface area (Å²) < 4.78 is 0.561. The Hall–Kier alpha value is -1.43. The lowest BCUT2D eigenvalue weighted by atomic mass is 10.1. The lowest BCUT2D eigenvalue weighted by molar-refractivity contribution is -0.384. The summed E-state index contributed by atoms with van der Waals surface area (Å²) in [6.07, 6.45) is -0.234. The van der Waals surface area contributed by atoms with Crippen molar-refractivity contribution in [1.29, 1.82) is 0 Å². The van der Waals surface area contributed by atoms with E-state index in [-0.39, 0.29) is 12.1 Å². The largest absolute Gasteiger partial charge is 0.481 e. The zero-order valence-electron chi connectivity index (χ0n) is 6.94. The Bertz CT molecular complexity index is 391. The molecule has 5 nitrogen and oxygen atoms in total. The van der Waals surface area contributed by atoms with Crippen LogP contribution in [-0.2, 0) is 11.2 Å². The minimum absolute atomic E-state index is 0.107. The number of hydrogen-bond acceptors (Lipinski definition) is 3. The molecular weight excluding hydrogens is 254 g/mol. The van der Waals surface area contributed by atoms with Crippen LogP contribution in [0.5, 0.6) is 0 Å². The van der Waals surface area contributed by atoms with Crippen LogP contribution in [0.15, 0.2) is 22.7 Å². The molecule has 0 spiro atoms. The molecule has 6 heteroatoms. The van der Waals surface area contributed by atoms with E-state index in [1.54, 1.807) is 0 Å². The normalized spacial score (nSPS) is 9.79. The number of carboxylic acids is 1. The second kappa shape index (κ2) is 4.19. The number of aliphatic carboxylic acids is 1. The number of carboxylic acid groups (broad SMARTS) is 1. The zero-order valence-corrected chi connectivity index (χ0v) is 8.52. The maximum atomic E-state index is 10.4. The molecule has 0 radical (unpaired) electrons. The second-order valence-corrected chi connectivity index (χ2v) is 3.46. The fourth-order valence-corrected chi connectivity index (χ4v) is 1.36. The van der Waals surface area contributed by atoms with Crippen LogP contribution in [0.25, 0.3) is 0 Å². The molecule has 0 aliphatic carbocycles. The molecule has 0 aromatic heterocycles. The molecule has 0 aliphatic heterocycles. The molecule has 1 aromatic carbocycles. The highest BCUT2D eigenvalue weighted by molar-refractivity contribution is 9.10. The quantitative estimate of drug-likeness (QED) is 0.665. The molecule has 0 aliphatic rings. The predicted molar refractivity (Wildman–Crippen MR) is 52.1 cm³/mol. The molecule has 0 bridgehead atoms. The van der Waals surface area contributed by atoms with Gasteiger partial charge in [0.15, 0.2) is 0 Å². The Kier molecular flexibility index (Phi) is 3.19. The van der Waals surface area contributed by atoms with Gasteiger partial charge in [0.05, 0.1) is 11.3 Å². The minimum Gasteiger partial charge on any atom is -0.481 e. The number of halogens is 1. The van der Waals surface area contributed by atoms with Crippen molar-refractivity contribution >= 4 is 27.6 Å². The molecule has 0 amide bonds. The van der Waals surface area contributed by atoms with Crippen LogP contribution in [0.3, 0.4) is 0 Å². The maximum absolute atomic E-state index is 10.4. The van der Waals surface area contributed by atoms with E-state index in [1.165, 1.54) is 18.2 Å². The van der Waals surface area contributed by atoms with Gasteiger partial charge in [-0.05, 0) is 11.6 Å². The van der Waals surface area contributed by atoms with E-state index in [0.29, 0.717) is 10.0 Å². The minimum atomic E-state index is -1.02. The van der Waals surface area contributed by atoms with Crippen molar-refractivity contribution in [3.05, 3.63) is 38.3 Å². The number of nitro groups is 1. The first-order valence-electron chi connectivity index (χ1n) is 3.65. The van der Waals surface area contributed by atoms with Crippen molar-refractivity contribution in [1.82, 2.24) is 0 Å². The second-order valence-electron chi connectivity index (χ2n) is 2.60. The molecule has 0 unspecified atom stereocenters. The van der Waals surface area contributed by atoms with Crippen molar-refractivity contribution in [3.63, 3.8) is 0 Å². The van der Waals surface area contributed by atoms with E-state index in [2.05, 4.69) is 15.9 Å². The van der Waals surface area contributed by atoms with Crippen LogP contribution in [-0.4, -0.2) is 16.0 Å². The highest BCUT2D eigenvalue weighted by Crippen LogP contribution is 2.22. The zero-order chi connectivity index (χ0) is 10.7. The summed E-state index contributed by atoms with van der Waals surface area (Å²) in [4.78, 5) is 20.2. The molecule has 74 valence electrons. The number of nitro benzene ring substituents is 1. The fourth-order valence-electron chi connectivity index (χ4n) is 0.973. The van der Waals surface area contributed by atoms with Crippen molar-refractivity contribution in [3.8, 4) is 0 Å². The van der Waals surface area contributed by atoms with Crippen LogP contribution < -0.4 is 0 Å². The van der Waals surface area contributed by atoms with Crippen LogP contribution in [0.2, 0.25) is 0 Å². The Labute approximate surface area is 87.6 Å².